The van der Waals surface area contributed by atoms with Gasteiger partial charge in [0.2, 0.25) is 17.7 Å². The molecule has 0 bridgehead atoms. The van der Waals surface area contributed by atoms with E-state index in [0.29, 0.717) is 36.0 Å². The highest BCUT2D eigenvalue weighted by atomic mass is 16.3. The monoisotopic (exact) mass is 637 g/mol. The number of aliphatic hydroxyl groups excluding tert-OH is 1. The molecule has 7 nitrogen and oxygen atoms in total. The van der Waals surface area contributed by atoms with Gasteiger partial charge in [-0.1, -0.05) is 60.6 Å². The highest BCUT2D eigenvalue weighted by Gasteiger charge is 2.72. The summed E-state index contributed by atoms with van der Waals surface area (Å²) < 4.78 is 0. The Bertz CT molecular complexity index is 1310. The molecule has 6 aliphatic rings. The molecule has 0 aromatic carbocycles. The van der Waals surface area contributed by atoms with Gasteiger partial charge >= 0.3 is 0 Å². The third-order valence-corrected chi connectivity index (χ3v) is 16.7. The molecule has 4 N–H and O–H groups in total. The summed E-state index contributed by atoms with van der Waals surface area (Å²) in [5.41, 5.74) is 5.93. The van der Waals surface area contributed by atoms with Crippen molar-refractivity contribution in [2.75, 3.05) is 0 Å². The van der Waals surface area contributed by atoms with Crippen molar-refractivity contribution in [2.24, 2.45) is 68.0 Å². The minimum atomic E-state index is -0.402. The molecule has 6 aliphatic carbocycles. The maximum absolute atomic E-state index is 14.7. The van der Waals surface area contributed by atoms with Crippen molar-refractivity contribution in [3.05, 3.63) is 12.2 Å². The number of rotatable bonds is 4. The van der Waals surface area contributed by atoms with Crippen LogP contribution in [0.15, 0.2) is 12.2 Å². The zero-order valence-corrected chi connectivity index (χ0v) is 30.3. The fraction of sp³-hybridized carbons (Fsp3) is 0.872. The van der Waals surface area contributed by atoms with Gasteiger partial charge in [0.05, 0.1) is 11.5 Å². The average molecular weight is 638 g/mol. The van der Waals surface area contributed by atoms with Crippen molar-refractivity contribution >= 4 is 17.7 Å². The zero-order chi connectivity index (χ0) is 33.8. The highest BCUT2D eigenvalue weighted by Crippen LogP contribution is 2.77. The number of nitrogens with one attached hydrogen (secondary N) is 3. The van der Waals surface area contributed by atoms with E-state index in [9.17, 15) is 19.5 Å². The number of hydrogen-bond acceptors (Lipinski definition) is 4. The van der Waals surface area contributed by atoms with Crippen LogP contribution >= 0.6 is 0 Å². The molecule has 258 valence electrons. The highest BCUT2D eigenvalue weighted by molar-refractivity contribution is 5.86. The number of hydrogen-bond donors (Lipinski definition) is 4. The molecule has 0 aromatic heterocycles. The Morgan fingerprint density at radius 2 is 1.43 bits per heavy atom. The van der Waals surface area contributed by atoms with Crippen molar-refractivity contribution < 1.29 is 19.5 Å². The van der Waals surface area contributed by atoms with Crippen LogP contribution in [0.4, 0.5) is 0 Å². The lowest BCUT2D eigenvalue weighted by molar-refractivity contribution is -0.246. The van der Waals surface area contributed by atoms with E-state index < -0.39 is 10.8 Å². The van der Waals surface area contributed by atoms with Crippen molar-refractivity contribution in [1.29, 1.82) is 0 Å². The first-order chi connectivity index (χ1) is 21.3. The van der Waals surface area contributed by atoms with E-state index in [2.05, 4.69) is 78.1 Å². The van der Waals surface area contributed by atoms with Crippen LogP contribution in [-0.2, 0) is 14.4 Å². The molecule has 12 atom stereocenters. The number of carbonyl (C=O) groups excluding carboxylic acids is 3. The first-order valence-corrected chi connectivity index (χ1v) is 18.5. The number of allylic oxidation sites excluding steroid dienone is 1. The Hall–Kier alpha value is -1.89. The Kier molecular flexibility index (Phi) is 7.98. The topological polar surface area (TPSA) is 108 Å². The normalized spacial score (nSPS) is 48.3. The molecule has 0 unspecified atom stereocenters. The van der Waals surface area contributed by atoms with Crippen LogP contribution in [-0.4, -0.2) is 35.0 Å². The van der Waals surface area contributed by atoms with Crippen LogP contribution < -0.4 is 16.2 Å². The van der Waals surface area contributed by atoms with Crippen molar-refractivity contribution in [3.8, 4) is 0 Å². The van der Waals surface area contributed by atoms with Gasteiger partial charge in [0, 0.05) is 18.9 Å². The lowest BCUT2D eigenvalue weighted by Crippen LogP contribution is -2.68. The summed E-state index contributed by atoms with van der Waals surface area (Å²) in [4.78, 5) is 38.9. The van der Waals surface area contributed by atoms with Gasteiger partial charge in [-0.2, -0.15) is 0 Å². The van der Waals surface area contributed by atoms with Crippen LogP contribution in [0.2, 0.25) is 0 Å². The van der Waals surface area contributed by atoms with Crippen LogP contribution in [0.25, 0.3) is 0 Å². The van der Waals surface area contributed by atoms with Gasteiger partial charge in [-0.3, -0.25) is 25.2 Å². The van der Waals surface area contributed by atoms with E-state index in [1.54, 1.807) is 0 Å². The molecule has 3 amide bonds. The summed E-state index contributed by atoms with van der Waals surface area (Å²) in [5.74, 6) is 1.74. The molecule has 0 saturated heterocycles. The van der Waals surface area contributed by atoms with Gasteiger partial charge in [0.15, 0.2) is 0 Å². The molecule has 7 heteroatoms. The molecule has 0 aromatic rings. The minimum Gasteiger partial charge on any atom is -0.393 e. The summed E-state index contributed by atoms with van der Waals surface area (Å²) >= 11 is 0. The molecular formula is C39H63N3O4. The van der Waals surface area contributed by atoms with Crippen LogP contribution in [0.3, 0.4) is 0 Å². The Balaban J connectivity index is 1.27. The van der Waals surface area contributed by atoms with Gasteiger partial charge in [0.1, 0.15) is 0 Å². The average Bonchev–Trinajstić information content (AvgIpc) is 3.37. The SMILES string of the molecule is C=C(C)[C@@H]1CC[C@]2(C(=O)N[C@@H]3C[C@H](C(=O)NNC(C)=O)C3(C)C)CC[C@]3(C)[C@H](CC[C@@H]4[C@@]5(C)CC[C@H](O)C(C)(C)[C@@H]5CC[C@]43C)[C@@H]12. The molecule has 46 heavy (non-hydrogen) atoms. The Morgan fingerprint density at radius 1 is 0.739 bits per heavy atom. The summed E-state index contributed by atoms with van der Waals surface area (Å²) in [5, 5.41) is 14.6. The Morgan fingerprint density at radius 3 is 2.07 bits per heavy atom. The first-order valence-electron chi connectivity index (χ1n) is 18.5. The van der Waals surface area contributed by atoms with Gasteiger partial charge in [0.25, 0.3) is 0 Å². The quantitative estimate of drug-likeness (QED) is 0.203. The third kappa shape index (κ3) is 4.47. The number of fused-ring (bicyclic) bond motifs is 7. The largest absolute Gasteiger partial charge is 0.393 e. The maximum Gasteiger partial charge on any atom is 0.242 e. The second-order valence-electron chi connectivity index (χ2n) is 19.0. The molecular weight excluding hydrogens is 574 g/mol. The molecule has 0 radical (unpaired) electrons. The van der Waals surface area contributed by atoms with Crippen LogP contribution in [0, 0.1) is 68.0 Å². The molecule has 0 aliphatic heterocycles. The fourth-order valence-corrected chi connectivity index (χ4v) is 13.7. The number of hydrazine groups is 1. The van der Waals surface area contributed by atoms with E-state index in [1.165, 1.54) is 38.2 Å². The molecule has 6 rings (SSSR count). The van der Waals surface area contributed by atoms with E-state index >= 15 is 0 Å². The minimum absolute atomic E-state index is 0.0543. The molecule has 0 spiro atoms. The number of carbonyl (C=O) groups is 3. The van der Waals surface area contributed by atoms with E-state index in [1.807, 2.05) is 0 Å². The van der Waals surface area contributed by atoms with Crippen LogP contribution in [0.5, 0.6) is 0 Å². The summed E-state index contributed by atoms with van der Waals surface area (Å²) in [7, 11) is 0. The van der Waals surface area contributed by atoms with Gasteiger partial charge in [-0.05, 0) is 134 Å². The summed E-state index contributed by atoms with van der Waals surface area (Å²) in [6.45, 7) is 24.6. The second-order valence-corrected chi connectivity index (χ2v) is 19.0. The van der Waals surface area contributed by atoms with Gasteiger partial charge in [-0.15, -0.1) is 0 Å². The first kappa shape index (κ1) is 34.0. The van der Waals surface area contributed by atoms with Crippen LogP contribution in [0.1, 0.15) is 133 Å². The lowest BCUT2D eigenvalue weighted by Gasteiger charge is -2.72. The number of amides is 3. The lowest BCUT2D eigenvalue weighted by atomic mass is 9.32. The summed E-state index contributed by atoms with van der Waals surface area (Å²) in [6.07, 6.45) is 11.1. The molecule has 0 heterocycles. The second kappa shape index (κ2) is 10.8. The van der Waals surface area contributed by atoms with E-state index in [0.717, 1.165) is 38.5 Å². The van der Waals surface area contributed by atoms with Crippen molar-refractivity contribution in [3.63, 3.8) is 0 Å². The molecule has 6 fully saturated rings. The molecule has 6 saturated carbocycles. The smallest absolute Gasteiger partial charge is 0.242 e. The van der Waals surface area contributed by atoms with Gasteiger partial charge in [-0.25, -0.2) is 0 Å². The van der Waals surface area contributed by atoms with E-state index in [4.69, 9.17) is 0 Å². The predicted molar refractivity (Wildman–Crippen MR) is 181 cm³/mol. The number of aliphatic hydroxyl groups is 1. The van der Waals surface area contributed by atoms with Crippen molar-refractivity contribution in [2.45, 2.75) is 145 Å². The predicted octanol–water partition coefficient (Wildman–Crippen LogP) is 6.70. The third-order valence-electron chi connectivity index (χ3n) is 16.7. The van der Waals surface area contributed by atoms with Gasteiger partial charge < -0.3 is 10.4 Å². The standard InChI is InChI=1S/C39H63N3O4/c1-22(2)24-13-18-39(33(46)40-29-21-26(34(29,4)5)32(45)42-41-23(3)43)20-19-37(9)25(31(24)39)11-12-28-36(8)16-15-30(44)35(6,7)27(36)14-17-38(28,37)10/h24-31,44H,1,11-21H2,2-10H3,(H,40,46)(H,41,43)(H,42,45)/t24-,25+,26+,27-,28+,29+,30-,31+,36-,37+,38+,39-/m0/s1. The van der Waals surface area contributed by atoms with E-state index in [-0.39, 0.29) is 57.4 Å². The Labute approximate surface area is 278 Å². The van der Waals surface area contributed by atoms with Crippen molar-refractivity contribution in [1.82, 2.24) is 16.2 Å². The maximum atomic E-state index is 14.7. The zero-order valence-electron chi connectivity index (χ0n) is 30.3. The fourth-order valence-electron chi connectivity index (χ4n) is 13.7. The summed E-state index contributed by atoms with van der Waals surface area (Å²) in [6, 6.07) is -0.0752.